The zero-order valence-corrected chi connectivity index (χ0v) is 14.1. The van der Waals surface area contributed by atoms with Crippen molar-refractivity contribution in [2.75, 3.05) is 6.61 Å². The van der Waals surface area contributed by atoms with Crippen molar-refractivity contribution in [2.45, 2.75) is 58.2 Å². The van der Waals surface area contributed by atoms with Crippen LogP contribution in [0.5, 0.6) is 0 Å². The molecule has 6 atom stereocenters. The molecule has 0 spiro atoms. The molecule has 0 unspecified atom stereocenters. The van der Waals surface area contributed by atoms with Crippen LogP contribution in [0.15, 0.2) is 23.8 Å². The van der Waals surface area contributed by atoms with Crippen LogP contribution in [0.2, 0.25) is 0 Å². The molecule has 3 aliphatic rings. The molecule has 4 heteroatoms. The van der Waals surface area contributed by atoms with Crippen LogP contribution in [-0.2, 0) is 9.53 Å². The number of carbonyl (C=O) groups excluding carboxylic acids is 1. The maximum absolute atomic E-state index is 11.7. The van der Waals surface area contributed by atoms with Gasteiger partial charge in [0.1, 0.15) is 12.7 Å². The second-order valence-electron chi connectivity index (χ2n) is 7.84. The minimum atomic E-state index is -0.796. The molecule has 3 fully saturated rings. The van der Waals surface area contributed by atoms with Crippen LogP contribution in [0, 0.1) is 23.2 Å². The molecule has 2 aliphatic carbocycles. The van der Waals surface area contributed by atoms with Gasteiger partial charge in [0, 0.05) is 0 Å². The molecule has 128 valence electrons. The topological polar surface area (TPSA) is 66.8 Å². The summed E-state index contributed by atoms with van der Waals surface area (Å²) < 4.78 is 4.89. The van der Waals surface area contributed by atoms with Crippen LogP contribution in [0.1, 0.15) is 46.0 Å². The summed E-state index contributed by atoms with van der Waals surface area (Å²) in [6.45, 7) is 8.84. The van der Waals surface area contributed by atoms with Crippen LogP contribution < -0.4 is 0 Å². The lowest BCUT2D eigenvalue weighted by atomic mass is 9.50. The van der Waals surface area contributed by atoms with Gasteiger partial charge in [0.05, 0.1) is 11.7 Å². The summed E-state index contributed by atoms with van der Waals surface area (Å²) in [7, 11) is 0. The molecule has 3 rings (SSSR count). The van der Waals surface area contributed by atoms with Crippen molar-refractivity contribution in [2.24, 2.45) is 23.2 Å². The van der Waals surface area contributed by atoms with Crippen molar-refractivity contribution >= 4 is 5.97 Å². The first-order valence-corrected chi connectivity index (χ1v) is 8.75. The molecule has 2 saturated carbocycles. The van der Waals surface area contributed by atoms with Crippen molar-refractivity contribution in [3.63, 3.8) is 0 Å². The van der Waals surface area contributed by atoms with Crippen molar-refractivity contribution in [1.82, 2.24) is 0 Å². The van der Waals surface area contributed by atoms with Gasteiger partial charge in [0.15, 0.2) is 0 Å². The summed E-state index contributed by atoms with van der Waals surface area (Å²) >= 11 is 0. The van der Waals surface area contributed by atoms with Gasteiger partial charge in [-0.1, -0.05) is 32.1 Å². The van der Waals surface area contributed by atoms with Gasteiger partial charge in [-0.2, -0.15) is 0 Å². The lowest BCUT2D eigenvalue weighted by molar-refractivity contribution is -0.135. The second kappa shape index (κ2) is 6.06. The molecule has 0 aromatic rings. The van der Waals surface area contributed by atoms with Gasteiger partial charge in [0.25, 0.3) is 0 Å². The Bertz CT molecular complexity index is 537. The average Bonchev–Trinajstić information content (AvgIpc) is 2.82. The first-order chi connectivity index (χ1) is 10.8. The number of ether oxygens (including phenoxy) is 1. The van der Waals surface area contributed by atoms with E-state index in [9.17, 15) is 15.0 Å². The number of aliphatic hydroxyl groups is 2. The van der Waals surface area contributed by atoms with Crippen molar-refractivity contribution in [1.29, 1.82) is 0 Å². The number of rotatable bonds is 2. The van der Waals surface area contributed by atoms with E-state index in [4.69, 9.17) is 4.74 Å². The Kier molecular flexibility index (Phi) is 4.41. The molecule has 1 saturated heterocycles. The summed E-state index contributed by atoms with van der Waals surface area (Å²) in [6.07, 6.45) is 5.47. The molecule has 0 bridgehead atoms. The molecule has 0 amide bonds. The Labute approximate surface area is 138 Å². The van der Waals surface area contributed by atoms with E-state index in [1.54, 1.807) is 0 Å². The van der Waals surface area contributed by atoms with Crippen LogP contribution in [-0.4, -0.2) is 35.0 Å². The second-order valence-corrected chi connectivity index (χ2v) is 7.84. The number of aliphatic hydroxyl groups excluding tert-OH is 2. The minimum absolute atomic E-state index is 0.0688. The minimum Gasteiger partial charge on any atom is -0.459 e. The van der Waals surface area contributed by atoms with Gasteiger partial charge >= 0.3 is 5.97 Å². The molecule has 0 aromatic carbocycles. The summed E-state index contributed by atoms with van der Waals surface area (Å²) in [6, 6.07) is 0. The fourth-order valence-corrected chi connectivity index (χ4v) is 5.15. The molecule has 2 N–H and O–H groups in total. The van der Waals surface area contributed by atoms with Crippen molar-refractivity contribution in [3.8, 4) is 0 Å². The quantitative estimate of drug-likeness (QED) is 0.466. The van der Waals surface area contributed by atoms with E-state index in [1.807, 2.05) is 6.08 Å². The van der Waals surface area contributed by atoms with Crippen LogP contribution in [0.25, 0.3) is 0 Å². The van der Waals surface area contributed by atoms with Crippen molar-refractivity contribution < 1.29 is 19.7 Å². The van der Waals surface area contributed by atoms with E-state index in [0.717, 1.165) is 32.1 Å². The number of cyclic esters (lactones) is 1. The van der Waals surface area contributed by atoms with Gasteiger partial charge in [-0.3, -0.25) is 0 Å². The maximum atomic E-state index is 11.7. The van der Waals surface area contributed by atoms with E-state index in [1.165, 1.54) is 5.57 Å². The number of hydrogen-bond acceptors (Lipinski definition) is 4. The van der Waals surface area contributed by atoms with E-state index in [-0.39, 0.29) is 18.1 Å². The van der Waals surface area contributed by atoms with Gasteiger partial charge in [-0.15, -0.1) is 0 Å². The predicted octanol–water partition coefficient (Wildman–Crippen LogP) is 2.60. The van der Waals surface area contributed by atoms with Crippen LogP contribution in [0.4, 0.5) is 0 Å². The Balaban J connectivity index is 1.83. The molecule has 1 heterocycles. The highest BCUT2D eigenvalue weighted by Gasteiger charge is 2.50. The molecule has 23 heavy (non-hydrogen) atoms. The number of esters is 1. The fourth-order valence-electron chi connectivity index (χ4n) is 5.15. The standard InChI is InChI=1S/C19H28O4/c1-11-4-6-15-12(2)16(20)8-9-19(15,3)14(11)7-5-13-17(21)10-23-18(13)22/h5,12,14-17,20-21H,1,4,6-10H2,2-3H3/b13-5+/t12-,14-,15-,16-,17-,19+/m1/s1. The van der Waals surface area contributed by atoms with Gasteiger partial charge in [0.2, 0.25) is 0 Å². The van der Waals surface area contributed by atoms with E-state index >= 15 is 0 Å². The van der Waals surface area contributed by atoms with Gasteiger partial charge < -0.3 is 14.9 Å². The van der Waals surface area contributed by atoms with Crippen LogP contribution >= 0.6 is 0 Å². The smallest absolute Gasteiger partial charge is 0.336 e. The zero-order valence-electron chi connectivity index (χ0n) is 14.1. The summed E-state index contributed by atoms with van der Waals surface area (Å²) in [5, 5.41) is 20.1. The fraction of sp³-hybridized carbons (Fsp3) is 0.737. The predicted molar refractivity (Wildman–Crippen MR) is 87.5 cm³/mol. The first-order valence-electron chi connectivity index (χ1n) is 8.75. The summed E-state index contributed by atoms with van der Waals surface area (Å²) in [4.78, 5) is 11.7. The third kappa shape index (κ3) is 2.76. The maximum Gasteiger partial charge on any atom is 0.336 e. The third-order valence-corrected chi connectivity index (χ3v) is 6.67. The number of hydrogen-bond donors (Lipinski definition) is 2. The largest absolute Gasteiger partial charge is 0.459 e. The SMILES string of the molecule is C=C1CC[C@@H]2[C@@H](C)[C@H](O)CC[C@@]2(C)[C@@H]1C/C=C1/C(=O)OC[C@H]1O. The van der Waals surface area contributed by atoms with Gasteiger partial charge in [-0.25, -0.2) is 4.79 Å². The molecular weight excluding hydrogens is 292 g/mol. The Morgan fingerprint density at radius 2 is 2.13 bits per heavy atom. The number of carbonyl (C=O) groups is 1. The molecule has 4 nitrogen and oxygen atoms in total. The number of allylic oxidation sites excluding steroid dienone is 2. The average molecular weight is 320 g/mol. The Morgan fingerprint density at radius 3 is 2.78 bits per heavy atom. The Morgan fingerprint density at radius 1 is 1.39 bits per heavy atom. The highest BCUT2D eigenvalue weighted by molar-refractivity contribution is 5.91. The number of fused-ring (bicyclic) bond motifs is 1. The molecule has 1 aliphatic heterocycles. The molecule has 0 aromatic heterocycles. The zero-order chi connectivity index (χ0) is 16.8. The van der Waals surface area contributed by atoms with E-state index in [0.29, 0.717) is 23.3 Å². The highest BCUT2D eigenvalue weighted by atomic mass is 16.6. The van der Waals surface area contributed by atoms with Crippen molar-refractivity contribution in [3.05, 3.63) is 23.8 Å². The highest BCUT2D eigenvalue weighted by Crippen LogP contribution is 2.57. The summed E-state index contributed by atoms with van der Waals surface area (Å²) in [5.41, 5.74) is 1.75. The van der Waals surface area contributed by atoms with Crippen LogP contribution in [0.3, 0.4) is 0 Å². The first kappa shape index (κ1) is 16.7. The molecular formula is C19H28O4. The van der Waals surface area contributed by atoms with E-state index in [2.05, 4.69) is 20.4 Å². The lowest BCUT2D eigenvalue weighted by Gasteiger charge is -2.55. The lowest BCUT2D eigenvalue weighted by Crippen LogP contribution is -2.49. The summed E-state index contributed by atoms with van der Waals surface area (Å²) in [5.74, 6) is 0.692. The third-order valence-electron chi connectivity index (χ3n) is 6.67. The van der Waals surface area contributed by atoms with Gasteiger partial charge in [-0.05, 0) is 55.3 Å². The normalized spacial score (nSPS) is 45.9. The Hall–Kier alpha value is -1.13. The monoisotopic (exact) mass is 320 g/mol. The molecule has 0 radical (unpaired) electrons. The van der Waals surface area contributed by atoms with E-state index < -0.39 is 12.1 Å².